The molecule has 1 aliphatic rings. The van der Waals surface area contributed by atoms with Crippen molar-refractivity contribution < 1.29 is 34.3 Å². The molecule has 35 heavy (non-hydrogen) atoms. The van der Waals surface area contributed by atoms with E-state index in [1.807, 2.05) is 6.92 Å². The van der Waals surface area contributed by atoms with Gasteiger partial charge in [-0.05, 0) is 88.5 Å². The van der Waals surface area contributed by atoms with E-state index >= 15 is 0 Å². The number of aliphatic hydroxyl groups is 3. The maximum Gasteiger partial charge on any atom is 0.112 e. The molecular weight excluding hydrogens is 450 g/mol. The van der Waals surface area contributed by atoms with Gasteiger partial charge in [0, 0.05) is 18.3 Å². The SMILES string of the molecule is CC(CC1OCC(C(C)(C)OCCC(C)(C)O)C1C(C)(C)OCCC(C)(C)O)OCCC(C)(N)O. The first kappa shape index (κ1) is 32.7. The Morgan fingerprint density at radius 1 is 0.800 bits per heavy atom. The fourth-order valence-corrected chi connectivity index (χ4v) is 4.67. The first-order valence-corrected chi connectivity index (χ1v) is 13.1. The molecule has 1 saturated heterocycles. The van der Waals surface area contributed by atoms with Gasteiger partial charge in [0.05, 0.1) is 61.0 Å². The van der Waals surface area contributed by atoms with Crippen molar-refractivity contribution in [1.29, 1.82) is 0 Å². The third-order valence-corrected chi connectivity index (χ3v) is 6.97. The minimum absolute atomic E-state index is 0.0186. The molecule has 5 unspecified atom stereocenters. The molecule has 8 heteroatoms. The third-order valence-electron chi connectivity index (χ3n) is 6.97. The van der Waals surface area contributed by atoms with E-state index in [-0.39, 0.29) is 24.0 Å². The maximum atomic E-state index is 10.1. The van der Waals surface area contributed by atoms with Gasteiger partial charge in [0.25, 0.3) is 0 Å². The molecule has 0 aromatic heterocycles. The van der Waals surface area contributed by atoms with Crippen molar-refractivity contribution in [2.24, 2.45) is 17.6 Å². The van der Waals surface area contributed by atoms with Crippen molar-refractivity contribution in [3.8, 4) is 0 Å². The van der Waals surface area contributed by atoms with Crippen LogP contribution in [-0.2, 0) is 18.9 Å². The first-order valence-electron chi connectivity index (χ1n) is 13.1. The topological polar surface area (TPSA) is 124 Å². The van der Waals surface area contributed by atoms with Gasteiger partial charge in [-0.1, -0.05) is 0 Å². The Morgan fingerprint density at radius 2 is 1.29 bits per heavy atom. The minimum Gasteiger partial charge on any atom is -0.390 e. The molecule has 5 atom stereocenters. The van der Waals surface area contributed by atoms with E-state index in [4.69, 9.17) is 24.7 Å². The fourth-order valence-electron chi connectivity index (χ4n) is 4.67. The van der Waals surface area contributed by atoms with Crippen molar-refractivity contribution in [3.63, 3.8) is 0 Å². The zero-order chi connectivity index (χ0) is 27.3. The van der Waals surface area contributed by atoms with Gasteiger partial charge in [-0.2, -0.15) is 0 Å². The molecule has 210 valence electrons. The highest BCUT2D eigenvalue weighted by molar-refractivity contribution is 5.01. The molecular formula is C27H55NO7. The lowest BCUT2D eigenvalue weighted by molar-refractivity contribution is -0.140. The fraction of sp³-hybridized carbons (Fsp3) is 1.00. The largest absolute Gasteiger partial charge is 0.390 e. The second kappa shape index (κ2) is 12.5. The molecule has 0 aliphatic carbocycles. The van der Waals surface area contributed by atoms with Crippen LogP contribution >= 0.6 is 0 Å². The van der Waals surface area contributed by atoms with Crippen molar-refractivity contribution in [3.05, 3.63) is 0 Å². The van der Waals surface area contributed by atoms with E-state index in [0.29, 0.717) is 52.1 Å². The Kier molecular flexibility index (Phi) is 11.7. The lowest BCUT2D eigenvalue weighted by Crippen LogP contribution is -2.50. The van der Waals surface area contributed by atoms with Crippen LogP contribution in [0.1, 0.15) is 94.9 Å². The molecule has 1 aliphatic heterocycles. The molecule has 0 amide bonds. The molecule has 0 radical (unpaired) electrons. The summed E-state index contributed by atoms with van der Waals surface area (Å²) < 4.78 is 25.0. The molecule has 0 bridgehead atoms. The van der Waals surface area contributed by atoms with Gasteiger partial charge in [-0.15, -0.1) is 0 Å². The van der Waals surface area contributed by atoms with Crippen LogP contribution in [0.15, 0.2) is 0 Å². The molecule has 1 heterocycles. The van der Waals surface area contributed by atoms with Crippen LogP contribution in [0.5, 0.6) is 0 Å². The standard InChI is InChI=1S/C27H55NO7/c1-19(32-14-13-27(10,28)31)17-21-22(26(8,9)35-16-12-24(4,5)30)20(18-33-21)25(6,7)34-15-11-23(2,3)29/h19-22,29-31H,11-18,28H2,1-10H3. The smallest absolute Gasteiger partial charge is 0.112 e. The van der Waals surface area contributed by atoms with E-state index < -0.39 is 28.1 Å². The average molecular weight is 506 g/mol. The number of hydrogen-bond donors (Lipinski definition) is 4. The van der Waals surface area contributed by atoms with Crippen LogP contribution < -0.4 is 5.73 Å². The van der Waals surface area contributed by atoms with Gasteiger partial charge < -0.3 is 40.0 Å². The molecule has 0 spiro atoms. The quantitative estimate of drug-likeness (QED) is 0.235. The normalized spacial score (nSPS) is 25.0. The van der Waals surface area contributed by atoms with Gasteiger partial charge in [-0.25, -0.2) is 0 Å². The van der Waals surface area contributed by atoms with Gasteiger partial charge in [0.15, 0.2) is 0 Å². The van der Waals surface area contributed by atoms with Crippen LogP contribution in [0.3, 0.4) is 0 Å². The van der Waals surface area contributed by atoms with Crippen molar-refractivity contribution in [2.75, 3.05) is 26.4 Å². The van der Waals surface area contributed by atoms with E-state index in [1.165, 1.54) is 0 Å². The summed E-state index contributed by atoms with van der Waals surface area (Å²) in [6.07, 6.45) is 1.90. The highest BCUT2D eigenvalue weighted by atomic mass is 16.5. The zero-order valence-electron chi connectivity index (χ0n) is 24.0. The van der Waals surface area contributed by atoms with Gasteiger partial charge >= 0.3 is 0 Å². The van der Waals surface area contributed by atoms with Crippen LogP contribution in [-0.4, -0.2) is 82.1 Å². The summed E-state index contributed by atoms with van der Waals surface area (Å²) in [6, 6.07) is 0. The summed E-state index contributed by atoms with van der Waals surface area (Å²) in [5.41, 5.74) is 1.79. The predicted octanol–water partition coefficient (Wildman–Crippen LogP) is 3.38. The van der Waals surface area contributed by atoms with Crippen LogP contribution in [0.2, 0.25) is 0 Å². The summed E-state index contributed by atoms with van der Waals surface area (Å²) in [6.45, 7) is 20.8. The Hall–Kier alpha value is -0.320. The molecule has 1 rings (SSSR count). The average Bonchev–Trinajstić information content (AvgIpc) is 3.03. The summed E-state index contributed by atoms with van der Waals surface area (Å²) in [5, 5.41) is 30.0. The van der Waals surface area contributed by atoms with E-state index in [1.54, 1.807) is 34.6 Å². The van der Waals surface area contributed by atoms with Crippen LogP contribution in [0, 0.1) is 11.8 Å². The van der Waals surface area contributed by atoms with Gasteiger partial charge in [-0.3, -0.25) is 0 Å². The monoisotopic (exact) mass is 505 g/mol. The molecule has 5 N–H and O–H groups in total. The number of rotatable bonds is 16. The summed E-state index contributed by atoms with van der Waals surface area (Å²) in [7, 11) is 0. The minimum atomic E-state index is -1.25. The predicted molar refractivity (Wildman–Crippen MR) is 138 cm³/mol. The summed E-state index contributed by atoms with van der Waals surface area (Å²) >= 11 is 0. The second-order valence-electron chi connectivity index (χ2n) is 13.1. The Balaban J connectivity index is 2.99. The molecule has 0 saturated carbocycles. The van der Waals surface area contributed by atoms with E-state index in [9.17, 15) is 15.3 Å². The highest BCUT2D eigenvalue weighted by Gasteiger charge is 2.53. The first-order chi connectivity index (χ1) is 15.6. The molecule has 0 aromatic carbocycles. The summed E-state index contributed by atoms with van der Waals surface area (Å²) in [4.78, 5) is 0. The zero-order valence-corrected chi connectivity index (χ0v) is 24.0. The molecule has 0 aromatic rings. The lowest BCUT2D eigenvalue weighted by Gasteiger charge is -2.44. The Morgan fingerprint density at radius 3 is 1.74 bits per heavy atom. The number of ether oxygens (including phenoxy) is 4. The second-order valence-corrected chi connectivity index (χ2v) is 13.1. The number of hydrogen-bond acceptors (Lipinski definition) is 8. The summed E-state index contributed by atoms with van der Waals surface area (Å²) in [5.74, 6) is 0.0773. The Bertz CT molecular complexity index is 616. The number of nitrogens with two attached hydrogens (primary N) is 1. The lowest BCUT2D eigenvalue weighted by atomic mass is 9.71. The van der Waals surface area contributed by atoms with Crippen molar-refractivity contribution in [1.82, 2.24) is 0 Å². The van der Waals surface area contributed by atoms with E-state index in [2.05, 4.69) is 27.7 Å². The van der Waals surface area contributed by atoms with Crippen molar-refractivity contribution >= 4 is 0 Å². The highest BCUT2D eigenvalue weighted by Crippen LogP contribution is 2.46. The van der Waals surface area contributed by atoms with Gasteiger partial charge in [0.1, 0.15) is 5.72 Å². The van der Waals surface area contributed by atoms with Crippen LogP contribution in [0.4, 0.5) is 0 Å². The molecule has 8 nitrogen and oxygen atoms in total. The third kappa shape index (κ3) is 12.7. The Labute approximate surface area is 213 Å². The van der Waals surface area contributed by atoms with E-state index in [0.717, 1.165) is 0 Å². The maximum absolute atomic E-state index is 10.1. The van der Waals surface area contributed by atoms with Gasteiger partial charge in [0.2, 0.25) is 0 Å². The van der Waals surface area contributed by atoms with Crippen molar-refractivity contribution in [2.45, 2.75) is 135 Å². The molecule has 1 fully saturated rings. The van der Waals surface area contributed by atoms with Crippen LogP contribution in [0.25, 0.3) is 0 Å².